The Balaban J connectivity index is 1.69. The van der Waals surface area contributed by atoms with Gasteiger partial charge in [0.05, 0.1) is 48.5 Å². The molecule has 5 rings (SSSR count). The summed E-state index contributed by atoms with van der Waals surface area (Å²) in [6.45, 7) is 1.13. The summed E-state index contributed by atoms with van der Waals surface area (Å²) in [5.74, 6) is -0.682. The van der Waals surface area contributed by atoms with Gasteiger partial charge in [-0.15, -0.1) is 0 Å². The Bertz CT molecular complexity index is 801. The predicted molar refractivity (Wildman–Crippen MR) is 92.8 cm³/mol. The molecule has 1 aromatic rings. The Morgan fingerprint density at radius 1 is 1.25 bits per heavy atom. The summed E-state index contributed by atoms with van der Waals surface area (Å²) in [6.07, 6.45) is 2.28. The number of ether oxygens (including phenoxy) is 2. The highest BCUT2D eigenvalue weighted by Crippen LogP contribution is 2.74. The van der Waals surface area contributed by atoms with Gasteiger partial charge in [-0.05, 0) is 32.3 Å². The minimum Gasteiger partial charge on any atom is -0.472 e. The standard InChI is InChI=1S/C20H26O8/c1-16(24)8-14(22)19-11-27-17(19,10-21)4-2-5-20(19,25)18(16)7-13(28-15(18)23)12-3-6-26-9-12/h3,6,9,13-14,21-22,24-25H,2,4-5,7-8,10-11H2,1H3. The Labute approximate surface area is 162 Å². The Kier molecular flexibility index (Phi) is 3.56. The predicted octanol–water partition coefficient (Wildman–Crippen LogP) is 0.432. The first-order valence-electron chi connectivity index (χ1n) is 9.81. The van der Waals surface area contributed by atoms with Gasteiger partial charge in [-0.3, -0.25) is 4.79 Å². The largest absolute Gasteiger partial charge is 0.472 e. The van der Waals surface area contributed by atoms with Crippen molar-refractivity contribution in [2.75, 3.05) is 13.2 Å². The van der Waals surface area contributed by atoms with Crippen LogP contribution >= 0.6 is 0 Å². The van der Waals surface area contributed by atoms with Crippen molar-refractivity contribution in [3.05, 3.63) is 24.2 Å². The van der Waals surface area contributed by atoms with Crippen molar-refractivity contribution >= 4 is 5.97 Å². The first-order valence-corrected chi connectivity index (χ1v) is 9.81. The molecule has 154 valence electrons. The van der Waals surface area contributed by atoms with E-state index in [9.17, 15) is 25.2 Å². The summed E-state index contributed by atoms with van der Waals surface area (Å²) in [5.41, 5.74) is -6.84. The van der Waals surface area contributed by atoms with Crippen LogP contribution in [0.25, 0.3) is 0 Å². The highest BCUT2D eigenvalue weighted by atomic mass is 16.6. The van der Waals surface area contributed by atoms with E-state index in [2.05, 4.69) is 0 Å². The maximum Gasteiger partial charge on any atom is 0.318 e. The fourth-order valence-corrected chi connectivity index (χ4v) is 6.84. The fraction of sp³-hybridized carbons (Fsp3) is 0.750. The average Bonchev–Trinajstić information content (AvgIpc) is 3.24. The lowest BCUT2D eigenvalue weighted by molar-refractivity contribution is -0.430. The van der Waals surface area contributed by atoms with Crippen LogP contribution in [-0.4, -0.2) is 62.5 Å². The molecule has 2 aliphatic carbocycles. The number of furan rings is 1. The van der Waals surface area contributed by atoms with E-state index in [1.807, 2.05) is 0 Å². The smallest absolute Gasteiger partial charge is 0.318 e. The monoisotopic (exact) mass is 394 g/mol. The molecular weight excluding hydrogens is 368 g/mol. The van der Waals surface area contributed by atoms with Crippen LogP contribution in [0.3, 0.4) is 0 Å². The second-order valence-electron chi connectivity index (χ2n) is 9.18. The molecule has 1 aromatic heterocycles. The van der Waals surface area contributed by atoms with Crippen molar-refractivity contribution in [2.45, 2.75) is 68.0 Å². The Morgan fingerprint density at radius 2 is 2.04 bits per heavy atom. The van der Waals surface area contributed by atoms with Gasteiger partial charge in [0.2, 0.25) is 0 Å². The van der Waals surface area contributed by atoms with Crippen LogP contribution in [0.5, 0.6) is 0 Å². The molecule has 2 saturated carbocycles. The minimum atomic E-state index is -1.78. The third-order valence-corrected chi connectivity index (χ3v) is 8.29. The molecule has 7 atom stereocenters. The maximum atomic E-state index is 13.3. The summed E-state index contributed by atoms with van der Waals surface area (Å²) < 4.78 is 16.5. The molecule has 4 N–H and O–H groups in total. The number of carbonyl (C=O) groups excluding carboxylic acids is 1. The molecule has 2 saturated heterocycles. The van der Waals surface area contributed by atoms with Gasteiger partial charge in [0, 0.05) is 18.4 Å². The van der Waals surface area contributed by atoms with Gasteiger partial charge in [0.25, 0.3) is 0 Å². The molecule has 4 aliphatic rings. The van der Waals surface area contributed by atoms with Gasteiger partial charge >= 0.3 is 5.97 Å². The molecule has 0 radical (unpaired) electrons. The summed E-state index contributed by atoms with van der Waals surface area (Å²) in [7, 11) is 0. The van der Waals surface area contributed by atoms with Crippen LogP contribution in [0.15, 0.2) is 23.0 Å². The second-order valence-corrected chi connectivity index (χ2v) is 9.18. The third-order valence-electron chi connectivity index (χ3n) is 8.29. The van der Waals surface area contributed by atoms with E-state index in [0.29, 0.717) is 18.4 Å². The molecule has 0 bridgehead atoms. The molecule has 28 heavy (non-hydrogen) atoms. The van der Waals surface area contributed by atoms with Crippen molar-refractivity contribution in [1.29, 1.82) is 0 Å². The number of aliphatic hydroxyl groups is 4. The zero-order valence-electron chi connectivity index (χ0n) is 15.8. The number of fused-ring (bicyclic) bond motifs is 1. The third kappa shape index (κ3) is 1.70. The lowest BCUT2D eigenvalue weighted by Gasteiger charge is -2.75. The van der Waals surface area contributed by atoms with Crippen molar-refractivity contribution < 1.29 is 39.1 Å². The Morgan fingerprint density at radius 3 is 2.64 bits per heavy atom. The number of aliphatic hydroxyl groups excluding tert-OH is 2. The molecule has 4 fully saturated rings. The topological polar surface area (TPSA) is 130 Å². The summed E-state index contributed by atoms with van der Waals surface area (Å²) in [5, 5.41) is 44.8. The van der Waals surface area contributed by atoms with Gasteiger partial charge in [-0.25, -0.2) is 0 Å². The molecule has 2 aliphatic heterocycles. The SMILES string of the molecule is CC1(O)CC(O)C23COC2(CO)CCCC3(O)C12CC(c1ccoc1)OC2=O. The van der Waals surface area contributed by atoms with E-state index < -0.39 is 45.8 Å². The molecule has 3 heterocycles. The number of carbonyl (C=O) groups is 1. The van der Waals surface area contributed by atoms with Crippen molar-refractivity contribution in [3.8, 4) is 0 Å². The van der Waals surface area contributed by atoms with Gasteiger partial charge in [0.15, 0.2) is 0 Å². The number of hydrogen-bond donors (Lipinski definition) is 4. The van der Waals surface area contributed by atoms with Gasteiger partial charge in [-0.1, -0.05) is 0 Å². The second kappa shape index (κ2) is 5.37. The normalized spacial score (nSPS) is 52.7. The number of rotatable bonds is 2. The van der Waals surface area contributed by atoms with Crippen molar-refractivity contribution in [1.82, 2.24) is 0 Å². The van der Waals surface area contributed by atoms with Crippen LogP contribution in [0, 0.1) is 10.8 Å². The molecule has 8 heteroatoms. The quantitative estimate of drug-likeness (QED) is 0.532. The van der Waals surface area contributed by atoms with Gasteiger partial charge in [0.1, 0.15) is 17.1 Å². The van der Waals surface area contributed by atoms with E-state index in [1.54, 1.807) is 6.07 Å². The van der Waals surface area contributed by atoms with Crippen LogP contribution in [-0.2, 0) is 14.3 Å². The molecule has 7 unspecified atom stereocenters. The van der Waals surface area contributed by atoms with E-state index >= 15 is 0 Å². The average molecular weight is 394 g/mol. The highest BCUT2D eigenvalue weighted by molar-refractivity contribution is 5.83. The minimum absolute atomic E-state index is 0.0205. The lowest BCUT2D eigenvalue weighted by atomic mass is 9.36. The zero-order chi connectivity index (χ0) is 20.0. The molecule has 0 aromatic carbocycles. The summed E-state index contributed by atoms with van der Waals surface area (Å²) in [4.78, 5) is 13.3. The van der Waals surface area contributed by atoms with Crippen molar-refractivity contribution in [2.24, 2.45) is 10.8 Å². The molecule has 8 nitrogen and oxygen atoms in total. The van der Waals surface area contributed by atoms with Gasteiger partial charge in [-0.2, -0.15) is 0 Å². The van der Waals surface area contributed by atoms with E-state index in [1.165, 1.54) is 19.5 Å². The van der Waals surface area contributed by atoms with Crippen LogP contribution in [0.1, 0.15) is 50.7 Å². The van der Waals surface area contributed by atoms with Gasteiger partial charge < -0.3 is 34.3 Å². The summed E-state index contributed by atoms with van der Waals surface area (Å²) in [6, 6.07) is 1.69. The van der Waals surface area contributed by atoms with Crippen LogP contribution < -0.4 is 0 Å². The van der Waals surface area contributed by atoms with E-state index in [-0.39, 0.29) is 32.5 Å². The maximum absolute atomic E-state index is 13.3. The van der Waals surface area contributed by atoms with E-state index in [4.69, 9.17) is 13.9 Å². The molecule has 2 spiro atoms. The Hall–Kier alpha value is -1.45. The first-order chi connectivity index (χ1) is 13.2. The lowest BCUT2D eigenvalue weighted by Crippen LogP contribution is -2.88. The number of cyclic esters (lactones) is 1. The molecular formula is C20H26O8. The van der Waals surface area contributed by atoms with Crippen LogP contribution in [0.4, 0.5) is 0 Å². The van der Waals surface area contributed by atoms with E-state index in [0.717, 1.165) is 0 Å². The molecule has 0 amide bonds. The first kappa shape index (κ1) is 18.6. The fourth-order valence-electron chi connectivity index (χ4n) is 6.84. The number of hydrogen-bond acceptors (Lipinski definition) is 8. The highest BCUT2D eigenvalue weighted by Gasteiger charge is 2.87. The number of esters is 1. The van der Waals surface area contributed by atoms with Crippen molar-refractivity contribution in [3.63, 3.8) is 0 Å². The van der Waals surface area contributed by atoms with Crippen LogP contribution in [0.2, 0.25) is 0 Å². The zero-order valence-corrected chi connectivity index (χ0v) is 15.8. The summed E-state index contributed by atoms with van der Waals surface area (Å²) >= 11 is 0.